The van der Waals surface area contributed by atoms with E-state index in [9.17, 15) is 4.79 Å². The Labute approximate surface area is 220 Å². The molecule has 2 atom stereocenters. The minimum absolute atomic E-state index is 0.0453. The van der Waals surface area contributed by atoms with E-state index in [0.717, 1.165) is 99.9 Å². The number of fused-ring (bicyclic) bond motifs is 1. The highest BCUT2D eigenvalue weighted by molar-refractivity contribution is 5.85. The quantitative estimate of drug-likeness (QED) is 0.480. The number of hydrogen-bond donors (Lipinski definition) is 2. The van der Waals surface area contributed by atoms with Crippen molar-refractivity contribution in [3.05, 3.63) is 59.5 Å². The lowest BCUT2D eigenvalue weighted by Crippen LogP contribution is -2.37. The summed E-state index contributed by atoms with van der Waals surface area (Å²) in [6, 6.07) is 8.04. The highest BCUT2D eigenvalue weighted by Crippen LogP contribution is 2.41. The molecule has 8 heteroatoms. The van der Waals surface area contributed by atoms with Gasteiger partial charge >= 0.3 is 6.09 Å². The molecule has 0 radical (unpaired) electrons. The first-order valence-electron chi connectivity index (χ1n) is 13.8. The fourth-order valence-corrected chi connectivity index (χ4v) is 5.81. The lowest BCUT2D eigenvalue weighted by atomic mass is 9.93. The summed E-state index contributed by atoms with van der Waals surface area (Å²) in [6.07, 6.45) is 11.3. The molecule has 8 nitrogen and oxygen atoms in total. The van der Waals surface area contributed by atoms with Crippen LogP contribution in [0.3, 0.4) is 0 Å². The number of carbonyl (C=O) groups excluding carboxylic acids is 1. The maximum atomic E-state index is 12.2. The molecular formula is C29H40N4O4. The molecule has 200 valence electrons. The Morgan fingerprint density at radius 1 is 1.16 bits per heavy atom. The average molecular weight is 509 g/mol. The fraction of sp³-hybridized carbons (Fsp3) is 0.552. The van der Waals surface area contributed by atoms with Crippen LogP contribution in [0.25, 0.3) is 5.70 Å². The van der Waals surface area contributed by atoms with Gasteiger partial charge in [-0.05, 0) is 68.9 Å². The number of carbonyl (C=O) groups is 1. The summed E-state index contributed by atoms with van der Waals surface area (Å²) in [5.41, 5.74) is 10.4. The predicted octanol–water partition coefficient (Wildman–Crippen LogP) is 4.32. The molecule has 5 rings (SSSR count). The van der Waals surface area contributed by atoms with Gasteiger partial charge in [-0.3, -0.25) is 10.2 Å². The normalized spacial score (nSPS) is 24.2. The van der Waals surface area contributed by atoms with Gasteiger partial charge in [-0.15, -0.1) is 0 Å². The zero-order valence-corrected chi connectivity index (χ0v) is 21.9. The first-order chi connectivity index (χ1) is 18.1. The second-order valence-electron chi connectivity index (χ2n) is 10.2. The highest BCUT2D eigenvalue weighted by atomic mass is 16.6. The molecule has 0 aromatic heterocycles. The first-order valence-corrected chi connectivity index (χ1v) is 13.8. The van der Waals surface area contributed by atoms with Crippen LogP contribution in [0.1, 0.15) is 44.6 Å². The largest absolute Gasteiger partial charge is 0.494 e. The first kappa shape index (κ1) is 25.7. The molecule has 2 heterocycles. The number of hydrogen-bond acceptors (Lipinski definition) is 7. The Bertz CT molecular complexity index is 1020. The number of rotatable bonds is 9. The molecule has 37 heavy (non-hydrogen) atoms. The number of benzene rings is 1. The van der Waals surface area contributed by atoms with Crippen LogP contribution < -0.4 is 11.1 Å². The van der Waals surface area contributed by atoms with E-state index in [2.05, 4.69) is 40.3 Å². The molecular weight excluding hydrogens is 468 g/mol. The van der Waals surface area contributed by atoms with Crippen LogP contribution in [0.5, 0.6) is 0 Å². The number of likely N-dealkylation sites (N-methyl/N-ethyl adjacent to an activating group) is 1. The summed E-state index contributed by atoms with van der Waals surface area (Å²) >= 11 is 0. The van der Waals surface area contributed by atoms with Crippen molar-refractivity contribution >= 4 is 17.5 Å². The van der Waals surface area contributed by atoms with E-state index < -0.39 is 0 Å². The molecule has 1 aromatic carbocycles. The summed E-state index contributed by atoms with van der Waals surface area (Å²) in [6.45, 7) is 8.38. The van der Waals surface area contributed by atoms with Crippen LogP contribution in [0.15, 0.2) is 53.9 Å². The van der Waals surface area contributed by atoms with Gasteiger partial charge in [-0.1, -0.05) is 18.2 Å². The fourth-order valence-electron chi connectivity index (χ4n) is 5.81. The zero-order valence-electron chi connectivity index (χ0n) is 21.9. The average Bonchev–Trinajstić information content (AvgIpc) is 3.53. The minimum Gasteiger partial charge on any atom is -0.494 e. The van der Waals surface area contributed by atoms with Gasteiger partial charge < -0.3 is 24.8 Å². The van der Waals surface area contributed by atoms with E-state index in [1.807, 2.05) is 24.3 Å². The molecule has 1 amide bonds. The van der Waals surface area contributed by atoms with Crippen molar-refractivity contribution in [3.8, 4) is 0 Å². The van der Waals surface area contributed by atoms with Crippen molar-refractivity contribution in [1.82, 2.24) is 9.80 Å². The van der Waals surface area contributed by atoms with Crippen LogP contribution in [0, 0.1) is 5.92 Å². The van der Waals surface area contributed by atoms with Gasteiger partial charge in [0, 0.05) is 43.5 Å². The van der Waals surface area contributed by atoms with E-state index in [0.29, 0.717) is 6.61 Å². The third kappa shape index (κ3) is 6.13. The maximum absolute atomic E-state index is 12.2. The Morgan fingerprint density at radius 3 is 2.65 bits per heavy atom. The number of anilines is 1. The lowest BCUT2D eigenvalue weighted by molar-refractivity contribution is 0.0345. The molecule has 4 aliphatic rings. The van der Waals surface area contributed by atoms with E-state index in [1.54, 1.807) is 0 Å². The molecule has 0 spiro atoms. The second kappa shape index (κ2) is 12.0. The van der Waals surface area contributed by atoms with Crippen LogP contribution in [0.4, 0.5) is 10.5 Å². The Kier molecular flexibility index (Phi) is 8.36. The van der Waals surface area contributed by atoms with Crippen molar-refractivity contribution in [3.63, 3.8) is 0 Å². The summed E-state index contributed by atoms with van der Waals surface area (Å²) in [5.74, 6) is 0.970. The van der Waals surface area contributed by atoms with Crippen molar-refractivity contribution in [1.29, 1.82) is 0 Å². The Hall–Kier alpha value is -2.97. The Morgan fingerprint density at radius 2 is 1.92 bits per heavy atom. The Balaban J connectivity index is 1.20. The summed E-state index contributed by atoms with van der Waals surface area (Å²) in [4.78, 5) is 17.0. The number of allylic oxidation sites excluding steroid dienone is 1. The topological polar surface area (TPSA) is 89.3 Å². The van der Waals surface area contributed by atoms with Crippen molar-refractivity contribution in [2.45, 2.75) is 51.2 Å². The molecule has 3 N–H and O–H groups in total. The summed E-state index contributed by atoms with van der Waals surface area (Å²) < 4.78 is 17.0. The molecule has 2 unspecified atom stereocenters. The van der Waals surface area contributed by atoms with Crippen molar-refractivity contribution in [2.24, 2.45) is 11.7 Å². The molecule has 1 aromatic rings. The van der Waals surface area contributed by atoms with Gasteiger partial charge in [0.25, 0.3) is 0 Å². The molecule has 0 bridgehead atoms. The van der Waals surface area contributed by atoms with Gasteiger partial charge in [0.05, 0.1) is 31.6 Å². The molecule has 2 aliphatic heterocycles. The van der Waals surface area contributed by atoms with Crippen molar-refractivity contribution in [2.75, 3.05) is 51.3 Å². The molecule has 2 fully saturated rings. The van der Waals surface area contributed by atoms with E-state index in [1.165, 1.54) is 0 Å². The number of morpholine rings is 1. The van der Waals surface area contributed by atoms with E-state index in [4.69, 9.17) is 19.9 Å². The summed E-state index contributed by atoms with van der Waals surface area (Å²) in [5, 5.41) is 2.86. The molecule has 2 aliphatic carbocycles. The third-order valence-electron chi connectivity index (χ3n) is 7.76. The number of nitrogens with zero attached hydrogens (tertiary/aromatic N) is 2. The number of amides is 1. The third-order valence-corrected chi connectivity index (χ3v) is 7.76. The minimum atomic E-state index is -0.381. The standard InChI is InChI=1S/C29H40N4O4/c1-2-33-26-13-12-24(36-17-5-14-32-15-18-35-19-16-32)20-25(26)27(30)28(33)21-8-10-22(11-9-21)31-29(34)37-23-6-3-4-7-23/h8-13,20,23,25-26H,2-7,14-19,30H2,1H3,(H,31,34). The van der Waals surface area contributed by atoms with Gasteiger partial charge in [0.15, 0.2) is 0 Å². The second-order valence-corrected chi connectivity index (χ2v) is 10.2. The van der Waals surface area contributed by atoms with Gasteiger partial charge in [-0.2, -0.15) is 0 Å². The summed E-state index contributed by atoms with van der Waals surface area (Å²) in [7, 11) is 0. The van der Waals surface area contributed by atoms with Crippen LogP contribution >= 0.6 is 0 Å². The molecule has 1 saturated heterocycles. The van der Waals surface area contributed by atoms with E-state index >= 15 is 0 Å². The number of nitrogens with two attached hydrogens (primary N) is 1. The van der Waals surface area contributed by atoms with Crippen LogP contribution in [-0.2, 0) is 14.2 Å². The lowest BCUT2D eigenvalue weighted by Gasteiger charge is -2.30. The smallest absolute Gasteiger partial charge is 0.411 e. The van der Waals surface area contributed by atoms with Crippen molar-refractivity contribution < 1.29 is 19.0 Å². The maximum Gasteiger partial charge on any atom is 0.411 e. The zero-order chi connectivity index (χ0) is 25.6. The number of nitrogens with one attached hydrogen (secondary N) is 1. The highest BCUT2D eigenvalue weighted by Gasteiger charge is 2.38. The molecule has 1 saturated carbocycles. The van der Waals surface area contributed by atoms with E-state index in [-0.39, 0.29) is 24.2 Å². The number of ether oxygens (including phenoxy) is 3. The monoisotopic (exact) mass is 508 g/mol. The van der Waals surface area contributed by atoms with Gasteiger partial charge in [-0.25, -0.2) is 4.79 Å². The van der Waals surface area contributed by atoms with Gasteiger partial charge in [0.2, 0.25) is 0 Å². The van der Waals surface area contributed by atoms with Gasteiger partial charge in [0.1, 0.15) is 11.9 Å². The van der Waals surface area contributed by atoms with Crippen LogP contribution in [0.2, 0.25) is 0 Å². The predicted molar refractivity (Wildman–Crippen MR) is 145 cm³/mol. The van der Waals surface area contributed by atoms with Crippen LogP contribution in [-0.4, -0.2) is 74.0 Å². The SMILES string of the molecule is CCN1C(c2ccc(NC(=O)OC3CCCC3)cc2)=C(N)C2C=C(OCCCN3CCOCC3)C=CC21.